The largest absolute Gasteiger partial charge is 0.507 e. The molecule has 3 nitrogen and oxygen atoms in total. The second-order valence-corrected chi connectivity index (χ2v) is 4.81. The van der Waals surface area contributed by atoms with Crippen LogP contribution in [0.5, 0.6) is 5.75 Å². The molecule has 0 bridgehead atoms. The van der Waals surface area contributed by atoms with Crippen molar-refractivity contribution in [1.29, 1.82) is 0 Å². The molecule has 1 unspecified atom stereocenters. The fraction of sp³-hybridized carbons (Fsp3) is 0.462. The molecular weight excluding hydrogens is 257 g/mol. The van der Waals surface area contributed by atoms with E-state index in [1.54, 1.807) is 0 Å². The average molecular weight is 274 g/mol. The lowest BCUT2D eigenvalue weighted by Gasteiger charge is -2.21. The van der Waals surface area contributed by atoms with Crippen molar-refractivity contribution in [2.45, 2.75) is 26.3 Å². The Morgan fingerprint density at radius 2 is 2.17 bits per heavy atom. The smallest absolute Gasteiger partial charge is 0.258 e. The maximum atomic E-state index is 13.5. The molecule has 0 aliphatic rings. The minimum absolute atomic E-state index is 0.144. The molecular formula is C13H17ClFNO2. The molecule has 18 heavy (non-hydrogen) atoms. The summed E-state index contributed by atoms with van der Waals surface area (Å²) in [7, 11) is 0. The molecule has 0 radical (unpaired) electrons. The van der Waals surface area contributed by atoms with Crippen molar-refractivity contribution in [3.8, 4) is 5.75 Å². The van der Waals surface area contributed by atoms with Gasteiger partial charge in [-0.15, -0.1) is 11.6 Å². The molecule has 1 atom stereocenters. The van der Waals surface area contributed by atoms with Gasteiger partial charge in [-0.2, -0.15) is 0 Å². The van der Waals surface area contributed by atoms with Crippen molar-refractivity contribution in [3.63, 3.8) is 0 Å². The zero-order chi connectivity index (χ0) is 13.7. The monoisotopic (exact) mass is 273 g/mol. The SMILES string of the molecule is CC(C)C(CCCl)NC(=O)c1c(O)cccc1F. The van der Waals surface area contributed by atoms with Gasteiger partial charge >= 0.3 is 0 Å². The predicted octanol–water partition coefficient (Wildman–Crippen LogP) is 2.91. The van der Waals surface area contributed by atoms with Crippen molar-refractivity contribution in [2.75, 3.05) is 5.88 Å². The van der Waals surface area contributed by atoms with Gasteiger partial charge in [0.15, 0.2) is 0 Å². The first-order chi connectivity index (χ1) is 8.47. The molecule has 0 saturated heterocycles. The zero-order valence-corrected chi connectivity index (χ0v) is 11.2. The highest BCUT2D eigenvalue weighted by Gasteiger charge is 2.21. The third-order valence-electron chi connectivity index (χ3n) is 2.76. The number of carbonyl (C=O) groups is 1. The number of aromatic hydroxyl groups is 1. The molecule has 0 spiro atoms. The maximum absolute atomic E-state index is 13.5. The number of nitrogens with one attached hydrogen (secondary N) is 1. The van der Waals surface area contributed by atoms with Crippen LogP contribution in [0.15, 0.2) is 18.2 Å². The summed E-state index contributed by atoms with van der Waals surface area (Å²) in [5.74, 6) is -1.12. The van der Waals surface area contributed by atoms with E-state index in [1.807, 2.05) is 13.8 Å². The van der Waals surface area contributed by atoms with Crippen LogP contribution in [0.1, 0.15) is 30.6 Å². The Balaban J connectivity index is 2.87. The number of amides is 1. The molecule has 0 saturated carbocycles. The highest BCUT2D eigenvalue weighted by atomic mass is 35.5. The van der Waals surface area contributed by atoms with Crippen LogP contribution in [0, 0.1) is 11.7 Å². The second-order valence-electron chi connectivity index (χ2n) is 4.44. The number of halogens is 2. The summed E-state index contributed by atoms with van der Waals surface area (Å²) in [4.78, 5) is 11.9. The number of alkyl halides is 1. The Labute approximate surface area is 111 Å². The van der Waals surface area contributed by atoms with Crippen LogP contribution in [0.3, 0.4) is 0 Å². The first kappa shape index (κ1) is 14.8. The number of benzene rings is 1. The fourth-order valence-electron chi connectivity index (χ4n) is 1.67. The van der Waals surface area contributed by atoms with Gasteiger partial charge in [-0.1, -0.05) is 19.9 Å². The number of hydrogen-bond acceptors (Lipinski definition) is 2. The first-order valence-corrected chi connectivity index (χ1v) is 6.35. The normalized spacial score (nSPS) is 12.5. The Morgan fingerprint density at radius 1 is 1.50 bits per heavy atom. The van der Waals surface area contributed by atoms with E-state index >= 15 is 0 Å². The van der Waals surface area contributed by atoms with E-state index in [0.29, 0.717) is 12.3 Å². The van der Waals surface area contributed by atoms with Crippen LogP contribution in [-0.2, 0) is 0 Å². The molecule has 1 rings (SSSR count). The fourth-order valence-corrected chi connectivity index (χ4v) is 1.90. The Kier molecular flexibility index (Phi) is 5.41. The number of rotatable bonds is 5. The van der Waals surface area contributed by atoms with Crippen molar-refractivity contribution in [2.24, 2.45) is 5.92 Å². The van der Waals surface area contributed by atoms with Gasteiger partial charge in [0.05, 0.1) is 0 Å². The summed E-state index contributed by atoms with van der Waals surface area (Å²) in [5, 5.41) is 12.2. The summed E-state index contributed by atoms with van der Waals surface area (Å²) in [6, 6.07) is 3.62. The van der Waals surface area contributed by atoms with Gasteiger partial charge in [-0.05, 0) is 24.5 Å². The van der Waals surface area contributed by atoms with Gasteiger partial charge < -0.3 is 10.4 Å². The molecule has 100 valence electrons. The first-order valence-electron chi connectivity index (χ1n) is 5.81. The summed E-state index contributed by atoms with van der Waals surface area (Å²) >= 11 is 5.66. The van der Waals surface area contributed by atoms with Crippen molar-refractivity contribution in [3.05, 3.63) is 29.6 Å². The third-order valence-corrected chi connectivity index (χ3v) is 2.98. The molecule has 1 amide bonds. The zero-order valence-electron chi connectivity index (χ0n) is 10.4. The van der Waals surface area contributed by atoms with Gasteiger partial charge in [0.25, 0.3) is 5.91 Å². The lowest BCUT2D eigenvalue weighted by molar-refractivity contribution is 0.0918. The summed E-state index contributed by atoms with van der Waals surface area (Å²) in [6.07, 6.45) is 0.597. The van der Waals surface area contributed by atoms with Gasteiger partial charge in [0.2, 0.25) is 0 Å². The molecule has 5 heteroatoms. The highest BCUT2D eigenvalue weighted by Crippen LogP contribution is 2.20. The highest BCUT2D eigenvalue weighted by molar-refractivity contribution is 6.17. The summed E-state index contributed by atoms with van der Waals surface area (Å²) in [5.41, 5.74) is -0.322. The quantitative estimate of drug-likeness (QED) is 0.811. The number of phenolic OH excluding ortho intramolecular Hbond substituents is 1. The van der Waals surface area contributed by atoms with Crippen molar-refractivity contribution in [1.82, 2.24) is 5.32 Å². The van der Waals surface area contributed by atoms with Gasteiger partial charge in [0.1, 0.15) is 17.1 Å². The Morgan fingerprint density at radius 3 is 2.67 bits per heavy atom. The van der Waals surface area contributed by atoms with Crippen LogP contribution in [-0.4, -0.2) is 22.9 Å². The van der Waals surface area contributed by atoms with Gasteiger partial charge in [-0.25, -0.2) is 4.39 Å². The Hall–Kier alpha value is -1.29. The topological polar surface area (TPSA) is 49.3 Å². The number of hydrogen-bond donors (Lipinski definition) is 2. The minimum atomic E-state index is -0.735. The summed E-state index contributed by atoms with van der Waals surface area (Å²) in [6.45, 7) is 3.89. The van der Waals surface area contributed by atoms with Crippen LogP contribution >= 0.6 is 11.6 Å². The van der Waals surface area contributed by atoms with Crippen LogP contribution in [0.2, 0.25) is 0 Å². The maximum Gasteiger partial charge on any atom is 0.258 e. The standard InChI is InChI=1S/C13H17ClFNO2/c1-8(2)10(6-7-14)16-13(18)12-9(15)4-3-5-11(12)17/h3-5,8,10,17H,6-7H2,1-2H3,(H,16,18). The van der Waals surface area contributed by atoms with E-state index in [2.05, 4.69) is 5.32 Å². The van der Waals surface area contributed by atoms with Crippen LogP contribution in [0.25, 0.3) is 0 Å². The summed E-state index contributed by atoms with van der Waals surface area (Å²) < 4.78 is 13.5. The molecule has 0 aliphatic heterocycles. The molecule has 2 N–H and O–H groups in total. The molecule has 0 heterocycles. The minimum Gasteiger partial charge on any atom is -0.507 e. The third kappa shape index (κ3) is 3.60. The van der Waals surface area contributed by atoms with E-state index in [-0.39, 0.29) is 23.3 Å². The number of phenols is 1. The van der Waals surface area contributed by atoms with E-state index in [0.717, 1.165) is 6.07 Å². The van der Waals surface area contributed by atoms with Crippen molar-refractivity contribution < 1.29 is 14.3 Å². The van der Waals surface area contributed by atoms with Crippen molar-refractivity contribution >= 4 is 17.5 Å². The number of carbonyl (C=O) groups excluding carboxylic acids is 1. The van der Waals surface area contributed by atoms with E-state index in [9.17, 15) is 14.3 Å². The average Bonchev–Trinajstić information content (AvgIpc) is 2.28. The molecule has 1 aromatic rings. The molecule has 0 aliphatic carbocycles. The molecule has 0 fully saturated rings. The second kappa shape index (κ2) is 6.59. The molecule has 0 aromatic heterocycles. The van der Waals surface area contributed by atoms with Crippen LogP contribution < -0.4 is 5.32 Å². The van der Waals surface area contributed by atoms with Crippen LogP contribution in [0.4, 0.5) is 4.39 Å². The lowest BCUT2D eigenvalue weighted by atomic mass is 10.0. The lowest BCUT2D eigenvalue weighted by Crippen LogP contribution is -2.39. The Bertz CT molecular complexity index is 403. The van der Waals surface area contributed by atoms with Gasteiger partial charge in [0, 0.05) is 11.9 Å². The van der Waals surface area contributed by atoms with E-state index in [1.165, 1.54) is 12.1 Å². The predicted molar refractivity (Wildman–Crippen MR) is 69.5 cm³/mol. The van der Waals surface area contributed by atoms with E-state index in [4.69, 9.17) is 11.6 Å². The van der Waals surface area contributed by atoms with Gasteiger partial charge in [-0.3, -0.25) is 4.79 Å². The van der Waals surface area contributed by atoms with E-state index < -0.39 is 11.7 Å². The molecule has 1 aromatic carbocycles.